The highest BCUT2D eigenvalue weighted by Gasteiger charge is 2.59. The summed E-state index contributed by atoms with van der Waals surface area (Å²) >= 11 is 0. The molecule has 8 atom stereocenters. The van der Waals surface area contributed by atoms with E-state index in [4.69, 9.17) is 4.99 Å². The van der Waals surface area contributed by atoms with Crippen LogP contribution in [0.4, 0.5) is 5.69 Å². The van der Waals surface area contributed by atoms with Gasteiger partial charge in [-0.2, -0.15) is 5.23 Å². The van der Waals surface area contributed by atoms with E-state index in [0.717, 1.165) is 30.1 Å². The molecule has 4 aliphatic carbocycles. The Morgan fingerprint density at radius 1 is 1.00 bits per heavy atom. The first kappa shape index (κ1) is 21.4. The summed E-state index contributed by atoms with van der Waals surface area (Å²) in [5.74, 6) is 3.55. The van der Waals surface area contributed by atoms with Crippen LogP contribution in [0.2, 0.25) is 0 Å². The van der Waals surface area contributed by atoms with E-state index in [2.05, 4.69) is 13.8 Å². The number of nitrogens with zero attached hydrogens (tertiary/aromatic N) is 1. The summed E-state index contributed by atoms with van der Waals surface area (Å²) in [7, 11) is 0. The Morgan fingerprint density at radius 3 is 2.61 bits per heavy atom. The smallest absolute Gasteiger partial charge is 0.164 e. The van der Waals surface area contributed by atoms with E-state index < -0.39 is 5.23 Å². The lowest BCUT2D eigenvalue weighted by Gasteiger charge is -2.60. The minimum atomic E-state index is -0.979. The maximum absolute atomic E-state index is 11.3. The Balaban J connectivity index is 1.36. The predicted molar refractivity (Wildman–Crippen MR) is 122 cm³/mol. The minimum Gasteiger partial charge on any atom is -0.595 e. The number of rotatable bonds is 3. The lowest BCUT2D eigenvalue weighted by molar-refractivity contribution is -0.991. The first-order valence-electron chi connectivity index (χ1n) is 12.4. The van der Waals surface area contributed by atoms with E-state index in [1.807, 2.05) is 0 Å². The van der Waals surface area contributed by atoms with Crippen LogP contribution in [0.1, 0.15) is 83.6 Å². The van der Waals surface area contributed by atoms with Gasteiger partial charge in [0.05, 0.1) is 6.04 Å². The SMILES string of the molecule is CC12CCCCC1CCC1C2CCC2(C)C(N=Cc3cc([NH+]([O-])O)ccc3O)CCC12. The van der Waals surface area contributed by atoms with Crippen molar-refractivity contribution in [1.82, 2.24) is 0 Å². The molecule has 0 saturated heterocycles. The molecule has 0 spiro atoms. The third-order valence-corrected chi connectivity index (χ3v) is 10.2. The van der Waals surface area contributed by atoms with Gasteiger partial charge in [-0.05, 0) is 91.9 Å². The van der Waals surface area contributed by atoms with Gasteiger partial charge >= 0.3 is 0 Å². The van der Waals surface area contributed by atoms with Crippen LogP contribution in [0, 0.1) is 39.7 Å². The summed E-state index contributed by atoms with van der Waals surface area (Å²) in [6.45, 7) is 5.09. The van der Waals surface area contributed by atoms with Crippen molar-refractivity contribution in [1.29, 1.82) is 0 Å². The number of aromatic hydroxyl groups is 1. The van der Waals surface area contributed by atoms with E-state index >= 15 is 0 Å². The van der Waals surface area contributed by atoms with Gasteiger partial charge < -0.3 is 10.3 Å². The standard InChI is InChI=1S/C26H38N2O3/c1-25-13-4-3-5-18(25)6-8-20-21-9-11-24(26(21,2)14-12-22(20)25)27-16-17-15-19(28(30)31)7-10-23(17)29/h7,10,15-16,18,20-22,24,28-30H,3-6,8-9,11-14H2,1-2H3. The molecule has 4 saturated carbocycles. The predicted octanol–water partition coefficient (Wildman–Crippen LogP) is 5.02. The average Bonchev–Trinajstić information content (AvgIpc) is 3.09. The van der Waals surface area contributed by atoms with Crippen LogP contribution in [0.15, 0.2) is 23.2 Å². The zero-order valence-corrected chi connectivity index (χ0v) is 19.0. The van der Waals surface area contributed by atoms with Gasteiger partial charge in [0.1, 0.15) is 5.75 Å². The lowest BCUT2D eigenvalue weighted by atomic mass is 9.45. The number of quaternary nitrogens is 1. The Kier molecular flexibility index (Phi) is 5.43. The van der Waals surface area contributed by atoms with Crippen LogP contribution in [0.25, 0.3) is 0 Å². The minimum absolute atomic E-state index is 0.0979. The number of nitrogens with one attached hydrogen (secondary N) is 1. The molecule has 0 aliphatic heterocycles. The van der Waals surface area contributed by atoms with Crippen molar-refractivity contribution in [3.8, 4) is 5.75 Å². The zero-order chi connectivity index (χ0) is 21.8. The van der Waals surface area contributed by atoms with Crippen LogP contribution in [-0.4, -0.2) is 22.6 Å². The fraction of sp³-hybridized carbons (Fsp3) is 0.731. The summed E-state index contributed by atoms with van der Waals surface area (Å²) in [5, 5.41) is 29.8. The van der Waals surface area contributed by atoms with Crippen molar-refractivity contribution in [2.24, 2.45) is 39.5 Å². The summed E-state index contributed by atoms with van der Waals surface area (Å²) in [6.07, 6.45) is 15.3. The van der Waals surface area contributed by atoms with Crippen molar-refractivity contribution in [3.05, 3.63) is 29.0 Å². The fourth-order valence-corrected chi connectivity index (χ4v) is 8.47. The van der Waals surface area contributed by atoms with E-state index in [-0.39, 0.29) is 22.9 Å². The van der Waals surface area contributed by atoms with E-state index in [1.165, 1.54) is 76.0 Å². The van der Waals surface area contributed by atoms with E-state index in [9.17, 15) is 15.5 Å². The molecule has 0 aromatic heterocycles. The van der Waals surface area contributed by atoms with Crippen LogP contribution < -0.4 is 5.23 Å². The van der Waals surface area contributed by atoms with Gasteiger partial charge in [-0.1, -0.05) is 26.7 Å². The number of hydrogen-bond donors (Lipinski definition) is 3. The van der Waals surface area contributed by atoms with Gasteiger partial charge in [0.15, 0.2) is 5.69 Å². The molecule has 0 amide bonds. The Labute approximate surface area is 186 Å². The molecule has 1 aromatic carbocycles. The number of phenolic OH excluding ortho intramolecular Hbond substituents is 1. The van der Waals surface area contributed by atoms with Gasteiger partial charge in [-0.15, -0.1) is 0 Å². The average molecular weight is 427 g/mol. The molecule has 5 rings (SSSR count). The topological polar surface area (TPSA) is 80.3 Å². The highest BCUT2D eigenvalue weighted by Crippen LogP contribution is 2.66. The summed E-state index contributed by atoms with van der Waals surface area (Å²) < 4.78 is 0. The Bertz CT molecular complexity index is 855. The zero-order valence-electron chi connectivity index (χ0n) is 19.0. The molecule has 4 aliphatic rings. The van der Waals surface area contributed by atoms with E-state index in [0.29, 0.717) is 11.0 Å². The van der Waals surface area contributed by atoms with Crippen LogP contribution >= 0.6 is 0 Å². The van der Waals surface area contributed by atoms with Crippen molar-refractivity contribution < 1.29 is 15.5 Å². The molecule has 170 valence electrons. The number of fused-ring (bicyclic) bond motifs is 5. The molecule has 4 fully saturated rings. The maximum Gasteiger partial charge on any atom is 0.164 e. The molecule has 31 heavy (non-hydrogen) atoms. The molecule has 3 N–H and O–H groups in total. The Hall–Kier alpha value is -1.43. The third-order valence-electron chi connectivity index (χ3n) is 10.2. The van der Waals surface area contributed by atoms with Crippen molar-refractivity contribution in [2.45, 2.75) is 84.1 Å². The van der Waals surface area contributed by atoms with Crippen molar-refractivity contribution in [3.63, 3.8) is 0 Å². The molecule has 0 radical (unpaired) electrons. The van der Waals surface area contributed by atoms with Gasteiger partial charge in [-0.3, -0.25) is 4.99 Å². The quantitative estimate of drug-likeness (QED) is 0.361. The number of benzene rings is 1. The van der Waals surface area contributed by atoms with Crippen molar-refractivity contribution in [2.75, 3.05) is 0 Å². The first-order chi connectivity index (χ1) is 14.8. The molecule has 1 aromatic rings. The normalized spacial score (nSPS) is 43.3. The van der Waals surface area contributed by atoms with Crippen LogP contribution in [0.3, 0.4) is 0 Å². The monoisotopic (exact) mass is 426 g/mol. The molecule has 8 unspecified atom stereocenters. The second-order valence-electron chi connectivity index (χ2n) is 11.4. The largest absolute Gasteiger partial charge is 0.595 e. The van der Waals surface area contributed by atoms with Crippen molar-refractivity contribution >= 4 is 11.9 Å². The van der Waals surface area contributed by atoms with Gasteiger partial charge in [0.25, 0.3) is 0 Å². The number of phenols is 1. The molecule has 0 heterocycles. The summed E-state index contributed by atoms with van der Waals surface area (Å²) in [5.41, 5.74) is 1.49. The molecule has 0 bridgehead atoms. The molecule has 5 heteroatoms. The fourth-order valence-electron chi connectivity index (χ4n) is 8.47. The molecular formula is C26H38N2O3. The third kappa shape index (κ3) is 3.44. The summed E-state index contributed by atoms with van der Waals surface area (Å²) in [4.78, 5) is 4.97. The molecular weight excluding hydrogens is 388 g/mol. The second-order valence-corrected chi connectivity index (χ2v) is 11.4. The second kappa shape index (κ2) is 7.86. The highest BCUT2D eigenvalue weighted by molar-refractivity contribution is 5.84. The van der Waals surface area contributed by atoms with Crippen LogP contribution in [-0.2, 0) is 0 Å². The highest BCUT2D eigenvalue weighted by atomic mass is 16.8. The van der Waals surface area contributed by atoms with Gasteiger partial charge in [-0.25, -0.2) is 5.21 Å². The molecule has 5 nitrogen and oxygen atoms in total. The number of aliphatic imine (C=N–C) groups is 1. The Morgan fingerprint density at radius 2 is 1.81 bits per heavy atom. The van der Waals surface area contributed by atoms with E-state index in [1.54, 1.807) is 6.21 Å². The number of hydrogen-bond acceptors (Lipinski definition) is 4. The van der Waals surface area contributed by atoms with Gasteiger partial charge in [0.2, 0.25) is 0 Å². The summed E-state index contributed by atoms with van der Waals surface area (Å²) in [6, 6.07) is 4.69. The van der Waals surface area contributed by atoms with Gasteiger partial charge in [0, 0.05) is 23.9 Å². The van der Waals surface area contributed by atoms with Crippen LogP contribution in [0.5, 0.6) is 5.75 Å². The maximum atomic E-state index is 11.3. The lowest BCUT2D eigenvalue weighted by Crippen LogP contribution is -2.99. The first-order valence-corrected chi connectivity index (χ1v) is 12.4.